The molecule has 1 heterocycles. The van der Waals surface area contributed by atoms with Crippen LogP contribution in [0.1, 0.15) is 38.2 Å². The van der Waals surface area contributed by atoms with E-state index in [9.17, 15) is 4.79 Å². The van der Waals surface area contributed by atoms with Crippen LogP contribution in [-0.2, 0) is 17.9 Å². The van der Waals surface area contributed by atoms with Gasteiger partial charge in [0.2, 0.25) is 5.91 Å². The lowest BCUT2D eigenvalue weighted by Gasteiger charge is -2.41. The zero-order valence-corrected chi connectivity index (χ0v) is 19.5. The summed E-state index contributed by atoms with van der Waals surface area (Å²) in [5.74, 6) is 0.712. The Kier molecular flexibility index (Phi) is 8.94. The second kappa shape index (κ2) is 11.2. The summed E-state index contributed by atoms with van der Waals surface area (Å²) in [6.45, 7) is 4.07. The molecule has 29 heavy (non-hydrogen) atoms. The van der Waals surface area contributed by atoms with Gasteiger partial charge in [-0.1, -0.05) is 25.5 Å². The lowest BCUT2D eigenvalue weighted by Crippen LogP contribution is -2.46. The van der Waals surface area contributed by atoms with Gasteiger partial charge >= 0.3 is 0 Å². The Morgan fingerprint density at radius 3 is 2.72 bits per heavy atom. The molecule has 8 heteroatoms. The first kappa shape index (κ1) is 23.2. The number of halogens is 1. The summed E-state index contributed by atoms with van der Waals surface area (Å²) < 4.78 is 1.60. The molecule has 0 bridgehead atoms. The fourth-order valence-electron chi connectivity index (χ4n) is 3.51. The van der Waals surface area contributed by atoms with Crippen molar-refractivity contribution in [1.29, 1.82) is 0 Å². The van der Waals surface area contributed by atoms with Gasteiger partial charge in [-0.2, -0.15) is 5.10 Å². The maximum atomic E-state index is 12.1. The number of guanidine groups is 1. The molecule has 1 aliphatic carbocycles. The number of hydrogen-bond acceptors (Lipinski definition) is 3. The average molecular weight is 510 g/mol. The van der Waals surface area contributed by atoms with Crippen LogP contribution >= 0.6 is 24.0 Å². The summed E-state index contributed by atoms with van der Waals surface area (Å²) in [6, 6.07) is 9.63. The van der Waals surface area contributed by atoms with Crippen molar-refractivity contribution in [2.75, 3.05) is 18.9 Å². The minimum atomic E-state index is -0.100. The molecule has 3 rings (SSSR count). The van der Waals surface area contributed by atoms with Crippen LogP contribution in [0.2, 0.25) is 0 Å². The number of carbonyl (C=O) groups excluding carboxylic acids is 1. The molecule has 2 aromatic rings. The van der Waals surface area contributed by atoms with E-state index >= 15 is 0 Å². The summed E-state index contributed by atoms with van der Waals surface area (Å²) in [6.07, 6.45) is 8.57. The third kappa shape index (κ3) is 6.73. The Labute approximate surface area is 189 Å². The molecule has 0 atom stereocenters. The van der Waals surface area contributed by atoms with Crippen LogP contribution in [0.3, 0.4) is 0 Å². The Bertz CT molecular complexity index is 796. The van der Waals surface area contributed by atoms with Crippen molar-refractivity contribution in [3.63, 3.8) is 0 Å². The standard InChI is InChI=1S/C21H30N6O.HI/c1-3-21(9-5-10-21)16-24-20(22-2)23-14-17-7-4-8-18(13-17)26-19(28)15-27-12-6-11-25-27;/h4,6-8,11-13H,3,5,9-10,14-16H2,1-2H3,(H,26,28)(H2,22,23,24);1H. The van der Waals surface area contributed by atoms with Crippen molar-refractivity contribution in [2.24, 2.45) is 10.4 Å². The molecule has 158 valence electrons. The molecule has 1 aliphatic rings. The predicted octanol–water partition coefficient (Wildman–Crippen LogP) is 3.39. The van der Waals surface area contributed by atoms with Gasteiger partial charge in [-0.05, 0) is 48.4 Å². The molecular formula is C21H31IN6O. The number of hydrogen-bond donors (Lipinski definition) is 3. The topological polar surface area (TPSA) is 83.3 Å². The van der Waals surface area contributed by atoms with Crippen molar-refractivity contribution in [1.82, 2.24) is 20.4 Å². The lowest BCUT2D eigenvalue weighted by atomic mass is 9.67. The lowest BCUT2D eigenvalue weighted by molar-refractivity contribution is -0.116. The van der Waals surface area contributed by atoms with Crippen LogP contribution in [-0.4, -0.2) is 35.2 Å². The summed E-state index contributed by atoms with van der Waals surface area (Å²) in [7, 11) is 1.79. The summed E-state index contributed by atoms with van der Waals surface area (Å²) in [5.41, 5.74) is 2.30. The maximum absolute atomic E-state index is 12.1. The van der Waals surface area contributed by atoms with E-state index in [2.05, 4.69) is 33.0 Å². The van der Waals surface area contributed by atoms with Crippen molar-refractivity contribution < 1.29 is 4.79 Å². The smallest absolute Gasteiger partial charge is 0.246 e. The van der Waals surface area contributed by atoms with Crippen molar-refractivity contribution in [2.45, 2.75) is 45.7 Å². The number of carbonyl (C=O) groups is 1. The number of amides is 1. The first-order chi connectivity index (χ1) is 13.6. The van der Waals surface area contributed by atoms with Crippen LogP contribution in [0.15, 0.2) is 47.7 Å². The van der Waals surface area contributed by atoms with Crippen molar-refractivity contribution in [3.05, 3.63) is 48.3 Å². The van der Waals surface area contributed by atoms with E-state index in [4.69, 9.17) is 0 Å². The molecule has 7 nitrogen and oxygen atoms in total. The molecule has 1 amide bonds. The molecular weight excluding hydrogens is 479 g/mol. The van der Waals surface area contributed by atoms with E-state index in [-0.39, 0.29) is 36.4 Å². The van der Waals surface area contributed by atoms with E-state index in [1.807, 2.05) is 24.3 Å². The molecule has 0 aliphatic heterocycles. The molecule has 0 spiro atoms. The van der Waals surface area contributed by atoms with Gasteiger partial charge in [0.15, 0.2) is 5.96 Å². The number of anilines is 1. The van der Waals surface area contributed by atoms with Gasteiger partial charge in [0.05, 0.1) is 0 Å². The van der Waals surface area contributed by atoms with Gasteiger partial charge in [0.25, 0.3) is 0 Å². The summed E-state index contributed by atoms with van der Waals surface area (Å²) in [5, 5.41) is 13.8. The second-order valence-electron chi connectivity index (χ2n) is 7.44. The number of aromatic nitrogens is 2. The molecule has 1 aromatic carbocycles. The Morgan fingerprint density at radius 1 is 1.28 bits per heavy atom. The number of aliphatic imine (C=N–C) groups is 1. The van der Waals surface area contributed by atoms with Crippen LogP contribution < -0.4 is 16.0 Å². The van der Waals surface area contributed by atoms with Gasteiger partial charge < -0.3 is 16.0 Å². The first-order valence-corrected chi connectivity index (χ1v) is 9.93. The zero-order chi connectivity index (χ0) is 19.8. The minimum absolute atomic E-state index is 0. The predicted molar refractivity (Wildman–Crippen MR) is 127 cm³/mol. The van der Waals surface area contributed by atoms with Crippen LogP contribution in [0, 0.1) is 5.41 Å². The minimum Gasteiger partial charge on any atom is -0.356 e. The molecule has 0 unspecified atom stereocenters. The number of nitrogens with zero attached hydrogens (tertiary/aromatic N) is 3. The number of benzene rings is 1. The molecule has 1 fully saturated rings. The Hall–Kier alpha value is -2.10. The van der Waals surface area contributed by atoms with Gasteiger partial charge in [0, 0.05) is 38.2 Å². The third-order valence-corrected chi connectivity index (χ3v) is 5.55. The van der Waals surface area contributed by atoms with E-state index in [1.54, 1.807) is 30.2 Å². The Balaban J connectivity index is 0.00000300. The molecule has 1 saturated carbocycles. The quantitative estimate of drug-likeness (QED) is 0.289. The first-order valence-electron chi connectivity index (χ1n) is 9.93. The maximum Gasteiger partial charge on any atom is 0.246 e. The number of nitrogens with one attached hydrogen (secondary N) is 3. The SMILES string of the molecule is CCC1(CNC(=NC)NCc2cccc(NC(=O)Cn3cccn3)c2)CCC1.I. The van der Waals surface area contributed by atoms with Gasteiger partial charge in [-0.3, -0.25) is 14.5 Å². The monoisotopic (exact) mass is 510 g/mol. The number of rotatable bonds is 8. The fraction of sp³-hybridized carbons (Fsp3) is 0.476. The van der Waals surface area contributed by atoms with E-state index < -0.39 is 0 Å². The molecule has 0 radical (unpaired) electrons. The van der Waals surface area contributed by atoms with Crippen molar-refractivity contribution in [3.8, 4) is 0 Å². The van der Waals surface area contributed by atoms with E-state index in [0.717, 1.165) is 23.8 Å². The van der Waals surface area contributed by atoms with Crippen LogP contribution in [0.4, 0.5) is 5.69 Å². The third-order valence-electron chi connectivity index (χ3n) is 5.55. The largest absolute Gasteiger partial charge is 0.356 e. The Morgan fingerprint density at radius 2 is 2.10 bits per heavy atom. The normalized spacial score (nSPS) is 15.0. The van der Waals surface area contributed by atoms with Gasteiger partial charge in [0.1, 0.15) is 6.54 Å². The zero-order valence-electron chi connectivity index (χ0n) is 17.1. The highest BCUT2D eigenvalue weighted by Crippen LogP contribution is 2.42. The van der Waals surface area contributed by atoms with Gasteiger partial charge in [-0.15, -0.1) is 24.0 Å². The molecule has 3 N–H and O–H groups in total. The van der Waals surface area contributed by atoms with E-state index in [1.165, 1.54) is 25.7 Å². The van der Waals surface area contributed by atoms with Crippen LogP contribution in [0.25, 0.3) is 0 Å². The van der Waals surface area contributed by atoms with E-state index in [0.29, 0.717) is 12.0 Å². The van der Waals surface area contributed by atoms with Gasteiger partial charge in [-0.25, -0.2) is 0 Å². The van der Waals surface area contributed by atoms with Crippen molar-refractivity contribution >= 4 is 41.5 Å². The summed E-state index contributed by atoms with van der Waals surface area (Å²) >= 11 is 0. The molecule has 0 saturated heterocycles. The second-order valence-corrected chi connectivity index (χ2v) is 7.44. The highest BCUT2D eigenvalue weighted by atomic mass is 127. The van der Waals surface area contributed by atoms with Crippen LogP contribution in [0.5, 0.6) is 0 Å². The highest BCUT2D eigenvalue weighted by Gasteiger charge is 2.34. The average Bonchev–Trinajstić information content (AvgIpc) is 3.16. The molecule has 1 aromatic heterocycles. The summed E-state index contributed by atoms with van der Waals surface area (Å²) in [4.78, 5) is 16.5. The fourth-order valence-corrected chi connectivity index (χ4v) is 3.51. The highest BCUT2D eigenvalue weighted by molar-refractivity contribution is 14.0.